The van der Waals surface area contributed by atoms with Gasteiger partial charge in [-0.1, -0.05) is 44.2 Å². The Hall–Kier alpha value is -5.20. The molecule has 0 unspecified atom stereocenters. The van der Waals surface area contributed by atoms with E-state index >= 15 is 0 Å². The van der Waals surface area contributed by atoms with Crippen molar-refractivity contribution in [1.82, 2.24) is 20.5 Å². The zero-order valence-corrected chi connectivity index (χ0v) is 28.4. The number of carboxylic acid groups (broad SMARTS) is 1. The maximum atomic E-state index is 14.2. The number of amides is 3. The molecule has 1 saturated carbocycles. The molecule has 2 aliphatic rings. The summed E-state index contributed by atoms with van der Waals surface area (Å²) in [6.45, 7) is 8.59. The molecular formula is C36H42N4O9. The Morgan fingerprint density at radius 2 is 1.71 bits per heavy atom. The molecule has 5 rings (SSSR count). The summed E-state index contributed by atoms with van der Waals surface area (Å²) in [6, 6.07) is 14.6. The summed E-state index contributed by atoms with van der Waals surface area (Å²) >= 11 is 0. The number of pyridine rings is 1. The number of hydrogen-bond donors (Lipinski definition) is 3. The minimum absolute atomic E-state index is 0.0311. The Morgan fingerprint density at radius 1 is 1.02 bits per heavy atom. The Labute approximate surface area is 284 Å². The number of Topliss-reactive ketones (excluding diaryl/α,β-unsaturated/α-hetero) is 1. The van der Waals surface area contributed by atoms with Crippen LogP contribution in [0.1, 0.15) is 53.9 Å². The van der Waals surface area contributed by atoms with Crippen LogP contribution in [0.2, 0.25) is 0 Å². The summed E-state index contributed by atoms with van der Waals surface area (Å²) in [5.41, 5.74) is -0.229. The molecule has 1 aliphatic carbocycles. The van der Waals surface area contributed by atoms with Gasteiger partial charge >= 0.3 is 12.1 Å². The smallest absolute Gasteiger partial charge is 0.408 e. The first-order valence-corrected chi connectivity index (χ1v) is 16.2. The van der Waals surface area contributed by atoms with Gasteiger partial charge in [0.25, 0.3) is 5.78 Å². The maximum Gasteiger partial charge on any atom is 0.408 e. The van der Waals surface area contributed by atoms with Crippen LogP contribution in [0, 0.1) is 5.92 Å². The van der Waals surface area contributed by atoms with Crippen molar-refractivity contribution in [2.45, 2.75) is 83.2 Å². The van der Waals surface area contributed by atoms with Crippen molar-refractivity contribution >= 4 is 40.6 Å². The number of alkyl carbamates (subject to hydrolysis) is 1. The normalized spacial score (nSPS) is 18.8. The molecule has 1 aliphatic heterocycles. The van der Waals surface area contributed by atoms with Gasteiger partial charge in [0.05, 0.1) is 24.9 Å². The molecule has 2 fully saturated rings. The highest BCUT2D eigenvalue weighted by Crippen LogP contribution is 2.38. The van der Waals surface area contributed by atoms with Crippen molar-refractivity contribution in [3.63, 3.8) is 0 Å². The number of nitrogens with one attached hydrogen (secondary N) is 2. The van der Waals surface area contributed by atoms with E-state index in [2.05, 4.69) is 10.6 Å². The molecule has 0 bridgehead atoms. The summed E-state index contributed by atoms with van der Waals surface area (Å²) < 4.78 is 17.4. The van der Waals surface area contributed by atoms with Crippen molar-refractivity contribution in [2.75, 3.05) is 13.7 Å². The zero-order valence-electron chi connectivity index (χ0n) is 28.4. The third kappa shape index (κ3) is 7.93. The Balaban J connectivity index is 1.48. The van der Waals surface area contributed by atoms with Crippen LogP contribution < -0.4 is 20.1 Å². The second-order valence-corrected chi connectivity index (χ2v) is 13.8. The number of nitrogens with zero attached hydrogens (tertiary/aromatic N) is 2. The lowest BCUT2D eigenvalue weighted by Gasteiger charge is -2.31. The molecular weight excluding hydrogens is 632 g/mol. The molecule has 49 heavy (non-hydrogen) atoms. The molecule has 2 aromatic carbocycles. The topological polar surface area (TPSA) is 173 Å². The molecule has 0 radical (unpaired) electrons. The summed E-state index contributed by atoms with van der Waals surface area (Å²) in [5.74, 6) is -3.29. The van der Waals surface area contributed by atoms with E-state index in [4.69, 9.17) is 19.2 Å². The first kappa shape index (κ1) is 35.1. The highest BCUT2D eigenvalue weighted by Gasteiger charge is 2.55. The number of carboxylic acids is 1. The lowest BCUT2D eigenvalue weighted by Crippen LogP contribution is -2.57. The van der Waals surface area contributed by atoms with Gasteiger partial charge < -0.3 is 34.9 Å². The van der Waals surface area contributed by atoms with Gasteiger partial charge in [0.1, 0.15) is 40.8 Å². The first-order chi connectivity index (χ1) is 23.1. The minimum Gasteiger partial charge on any atom is -0.497 e. The number of hydrogen-bond acceptors (Lipinski definition) is 9. The largest absolute Gasteiger partial charge is 0.497 e. The van der Waals surface area contributed by atoms with Gasteiger partial charge in [-0.2, -0.15) is 0 Å². The van der Waals surface area contributed by atoms with Crippen molar-refractivity contribution in [2.24, 2.45) is 5.92 Å². The van der Waals surface area contributed by atoms with E-state index in [-0.39, 0.29) is 31.7 Å². The number of carbonyl (C=O) groups is 5. The Morgan fingerprint density at radius 3 is 2.31 bits per heavy atom. The average molecular weight is 675 g/mol. The monoisotopic (exact) mass is 674 g/mol. The molecule has 13 nitrogen and oxygen atoms in total. The number of likely N-dealkylation sites (tertiary alicyclic amines) is 1. The third-order valence-electron chi connectivity index (χ3n) is 8.54. The number of methoxy groups -OCH3 is 1. The second-order valence-electron chi connectivity index (χ2n) is 13.8. The van der Waals surface area contributed by atoms with E-state index in [1.807, 2.05) is 36.4 Å². The van der Waals surface area contributed by atoms with E-state index in [0.717, 1.165) is 5.56 Å². The van der Waals surface area contributed by atoms with E-state index < -0.39 is 59.0 Å². The Kier molecular flexibility index (Phi) is 9.84. The third-order valence-corrected chi connectivity index (χ3v) is 8.54. The number of benzene rings is 2. The van der Waals surface area contributed by atoms with E-state index in [0.29, 0.717) is 28.1 Å². The van der Waals surface area contributed by atoms with E-state index in [9.17, 15) is 29.1 Å². The van der Waals surface area contributed by atoms with Crippen molar-refractivity contribution in [3.05, 3.63) is 54.6 Å². The van der Waals surface area contributed by atoms with Crippen molar-refractivity contribution in [1.29, 1.82) is 0 Å². The van der Waals surface area contributed by atoms with Crippen LogP contribution >= 0.6 is 0 Å². The number of aromatic nitrogens is 1. The highest BCUT2D eigenvalue weighted by molar-refractivity contribution is 6.37. The highest BCUT2D eigenvalue weighted by atomic mass is 16.6. The van der Waals surface area contributed by atoms with Crippen LogP contribution in [0.5, 0.6) is 11.5 Å². The molecule has 1 saturated heterocycles. The van der Waals surface area contributed by atoms with Gasteiger partial charge in [0.2, 0.25) is 11.8 Å². The average Bonchev–Trinajstić information content (AvgIpc) is 3.70. The number of fused-ring (bicyclic) bond motifs is 1. The first-order valence-electron chi connectivity index (χ1n) is 16.2. The number of ether oxygens (including phenoxy) is 3. The van der Waals surface area contributed by atoms with Crippen LogP contribution in [0.3, 0.4) is 0 Å². The fraction of sp³-hybridized carbons (Fsp3) is 0.444. The van der Waals surface area contributed by atoms with E-state index in [1.165, 1.54) is 4.90 Å². The number of rotatable bonds is 11. The maximum absolute atomic E-state index is 14.2. The van der Waals surface area contributed by atoms with E-state index in [1.54, 1.807) is 59.9 Å². The van der Waals surface area contributed by atoms with Crippen molar-refractivity contribution < 1.29 is 43.3 Å². The summed E-state index contributed by atoms with van der Waals surface area (Å²) in [5, 5.41) is 15.3. The standard InChI is InChI=1S/C36H42N4O9/c1-20(2)29(38-34(46)49-35(3,4)5)32(43)40-19-23(17-27(40)31(42)39-36(14-15-36)30(41)33(44)45)48-28-18-25(21-10-8-7-9-11-21)37-26-16-22(47-6)12-13-24(26)28/h7-13,16,18,20,23,27,29H,14-15,17,19H2,1-6H3,(H,38,46)(H,39,42)(H,44,45)/t23-,27+,29+/m1/s1. The molecule has 3 aromatic rings. The quantitative estimate of drug-likeness (QED) is 0.251. The summed E-state index contributed by atoms with van der Waals surface area (Å²) in [7, 11) is 1.56. The fourth-order valence-electron chi connectivity index (χ4n) is 5.90. The lowest BCUT2D eigenvalue weighted by atomic mass is 10.0. The Bertz CT molecular complexity index is 1770. The number of ketones is 1. The molecule has 0 spiro atoms. The van der Waals surface area contributed by atoms with Gasteiger partial charge in [-0.15, -0.1) is 0 Å². The molecule has 1 aromatic heterocycles. The van der Waals surface area contributed by atoms with Gasteiger partial charge in [0, 0.05) is 29.5 Å². The van der Waals surface area contributed by atoms with Gasteiger partial charge in [-0.25, -0.2) is 14.6 Å². The van der Waals surface area contributed by atoms with Crippen LogP contribution in [0.15, 0.2) is 54.6 Å². The molecule has 3 amide bonds. The molecule has 13 heteroatoms. The van der Waals surface area contributed by atoms with Gasteiger partial charge in [-0.05, 0) is 51.7 Å². The van der Waals surface area contributed by atoms with Crippen LogP contribution in [-0.4, -0.2) is 87.6 Å². The number of aliphatic carboxylic acids is 1. The van der Waals surface area contributed by atoms with Crippen LogP contribution in [0.25, 0.3) is 22.2 Å². The molecule has 3 atom stereocenters. The predicted molar refractivity (Wildman–Crippen MR) is 179 cm³/mol. The van der Waals surface area contributed by atoms with Crippen LogP contribution in [0.4, 0.5) is 4.79 Å². The van der Waals surface area contributed by atoms with Crippen molar-refractivity contribution in [3.8, 4) is 22.8 Å². The molecule has 2 heterocycles. The SMILES string of the molecule is COc1ccc2c(O[C@@H]3C[C@@H](C(=O)NC4(C(=O)C(=O)O)CC4)N(C(=O)[C@@H](NC(=O)OC(C)(C)C)C(C)C)C3)cc(-c3ccccc3)nc2c1. The second kappa shape index (κ2) is 13.7. The fourth-order valence-corrected chi connectivity index (χ4v) is 5.90. The van der Waals surface area contributed by atoms with Gasteiger partial charge in [-0.3, -0.25) is 14.4 Å². The summed E-state index contributed by atoms with van der Waals surface area (Å²) in [6.07, 6.45) is -1.10. The molecule has 260 valence electrons. The summed E-state index contributed by atoms with van der Waals surface area (Å²) in [4.78, 5) is 70.9. The lowest BCUT2D eigenvalue weighted by molar-refractivity contribution is -0.151. The van der Waals surface area contributed by atoms with Crippen LogP contribution in [-0.2, 0) is 23.9 Å². The predicted octanol–water partition coefficient (Wildman–Crippen LogP) is 4.11. The minimum atomic E-state index is -1.64. The molecule has 3 N–H and O–H groups in total. The van der Waals surface area contributed by atoms with Gasteiger partial charge in [0.15, 0.2) is 0 Å². The zero-order chi connectivity index (χ0) is 35.7. The number of carbonyl (C=O) groups excluding carboxylic acids is 4.